The van der Waals surface area contributed by atoms with Crippen LogP contribution < -0.4 is 5.32 Å². The van der Waals surface area contributed by atoms with Gasteiger partial charge in [-0.1, -0.05) is 6.07 Å². The van der Waals surface area contributed by atoms with E-state index in [2.05, 4.69) is 5.32 Å². The first kappa shape index (κ1) is 17.2. The van der Waals surface area contributed by atoms with Crippen molar-refractivity contribution in [3.63, 3.8) is 0 Å². The van der Waals surface area contributed by atoms with Crippen molar-refractivity contribution in [2.45, 2.75) is 13.8 Å². The molecule has 0 heterocycles. The number of nitrogens with one attached hydrogen (secondary N) is 1. The lowest BCUT2D eigenvalue weighted by molar-refractivity contribution is 0.0773. The summed E-state index contributed by atoms with van der Waals surface area (Å²) >= 11 is 0. The number of carbonyl (C=O) groups is 2. The molecule has 0 aromatic heterocycles. The van der Waals surface area contributed by atoms with Crippen LogP contribution in [0.1, 0.15) is 40.1 Å². The highest BCUT2D eigenvalue weighted by molar-refractivity contribution is 6.06. The van der Waals surface area contributed by atoms with Gasteiger partial charge in [-0.05, 0) is 56.3 Å². The Morgan fingerprint density at radius 2 is 1.67 bits per heavy atom. The molecule has 0 bridgehead atoms. The van der Waals surface area contributed by atoms with Gasteiger partial charge in [0, 0.05) is 29.9 Å². The minimum Gasteiger partial charge on any atom is -0.339 e. The van der Waals surface area contributed by atoms with Crippen molar-refractivity contribution in [2.75, 3.05) is 18.4 Å². The fourth-order valence-electron chi connectivity index (χ4n) is 2.32. The molecule has 0 saturated heterocycles. The maximum absolute atomic E-state index is 12.4. The largest absolute Gasteiger partial charge is 0.339 e. The fraction of sp³-hybridized carbons (Fsp3) is 0.211. The predicted octanol–water partition coefficient (Wildman–Crippen LogP) is 3.29. The van der Waals surface area contributed by atoms with Crippen molar-refractivity contribution in [3.05, 3.63) is 65.2 Å². The van der Waals surface area contributed by atoms with Gasteiger partial charge in [0.25, 0.3) is 11.8 Å². The molecule has 2 aromatic carbocycles. The molecule has 0 saturated carbocycles. The first-order valence-electron chi connectivity index (χ1n) is 7.79. The Bertz CT molecular complexity index is 772. The fourth-order valence-corrected chi connectivity index (χ4v) is 2.32. The van der Waals surface area contributed by atoms with Gasteiger partial charge < -0.3 is 10.2 Å². The second-order valence-electron chi connectivity index (χ2n) is 5.20. The van der Waals surface area contributed by atoms with Crippen LogP contribution in [0, 0.1) is 11.3 Å². The van der Waals surface area contributed by atoms with Gasteiger partial charge in [-0.25, -0.2) is 0 Å². The monoisotopic (exact) mass is 321 g/mol. The summed E-state index contributed by atoms with van der Waals surface area (Å²) in [5.74, 6) is -0.387. The molecule has 0 atom stereocenters. The van der Waals surface area contributed by atoms with Gasteiger partial charge >= 0.3 is 0 Å². The molecule has 0 radical (unpaired) electrons. The van der Waals surface area contributed by atoms with E-state index in [1.165, 1.54) is 0 Å². The highest BCUT2D eigenvalue weighted by Gasteiger charge is 2.14. The van der Waals surface area contributed by atoms with E-state index < -0.39 is 0 Å². The third kappa shape index (κ3) is 3.99. The molecule has 2 aromatic rings. The summed E-state index contributed by atoms with van der Waals surface area (Å²) < 4.78 is 0. The second kappa shape index (κ2) is 7.93. The maximum Gasteiger partial charge on any atom is 0.255 e. The number of anilines is 1. The molecular formula is C19H19N3O2. The van der Waals surface area contributed by atoms with Crippen LogP contribution in [0.4, 0.5) is 5.69 Å². The minimum atomic E-state index is -0.297. The highest BCUT2D eigenvalue weighted by atomic mass is 16.2. The van der Waals surface area contributed by atoms with E-state index in [1.54, 1.807) is 53.4 Å². The summed E-state index contributed by atoms with van der Waals surface area (Å²) in [7, 11) is 0. The van der Waals surface area contributed by atoms with Gasteiger partial charge in [-0.3, -0.25) is 9.59 Å². The van der Waals surface area contributed by atoms with Crippen LogP contribution in [0.15, 0.2) is 48.5 Å². The first-order chi connectivity index (χ1) is 11.6. The van der Waals surface area contributed by atoms with Crippen LogP contribution in [0.2, 0.25) is 0 Å². The van der Waals surface area contributed by atoms with Crippen molar-refractivity contribution in [1.82, 2.24) is 4.90 Å². The number of hydrogen-bond donors (Lipinski definition) is 1. The molecule has 122 valence electrons. The Hall–Kier alpha value is -3.13. The molecule has 0 unspecified atom stereocenters. The van der Waals surface area contributed by atoms with Crippen LogP contribution in [-0.2, 0) is 0 Å². The maximum atomic E-state index is 12.4. The van der Waals surface area contributed by atoms with Crippen molar-refractivity contribution in [3.8, 4) is 6.07 Å². The van der Waals surface area contributed by atoms with Gasteiger partial charge in [0.1, 0.15) is 0 Å². The number of carbonyl (C=O) groups excluding carboxylic acids is 2. The van der Waals surface area contributed by atoms with Crippen LogP contribution in [0.3, 0.4) is 0 Å². The van der Waals surface area contributed by atoms with Crippen LogP contribution >= 0.6 is 0 Å². The highest BCUT2D eigenvalue weighted by Crippen LogP contribution is 2.13. The molecule has 1 N–H and O–H groups in total. The summed E-state index contributed by atoms with van der Waals surface area (Å²) in [6.07, 6.45) is 0. The second-order valence-corrected chi connectivity index (χ2v) is 5.20. The molecule has 2 amide bonds. The van der Waals surface area contributed by atoms with E-state index in [4.69, 9.17) is 5.26 Å². The molecule has 2 rings (SSSR count). The number of rotatable bonds is 5. The molecule has 24 heavy (non-hydrogen) atoms. The number of hydrogen-bond acceptors (Lipinski definition) is 3. The minimum absolute atomic E-state index is 0.0898. The molecule has 5 nitrogen and oxygen atoms in total. The molecule has 0 spiro atoms. The smallest absolute Gasteiger partial charge is 0.255 e. The average Bonchev–Trinajstić information content (AvgIpc) is 2.63. The Balaban J connectivity index is 2.16. The van der Waals surface area contributed by atoms with E-state index in [-0.39, 0.29) is 11.8 Å². The van der Waals surface area contributed by atoms with Crippen LogP contribution in [-0.4, -0.2) is 29.8 Å². The Kier molecular flexibility index (Phi) is 5.69. The summed E-state index contributed by atoms with van der Waals surface area (Å²) in [6, 6.07) is 15.3. The number of amides is 2. The zero-order valence-electron chi connectivity index (χ0n) is 13.7. The molecule has 5 heteroatoms. The molecular weight excluding hydrogens is 302 g/mol. The number of nitrogens with zero attached hydrogens (tertiary/aromatic N) is 2. The lowest BCUT2D eigenvalue weighted by Gasteiger charge is -2.18. The zero-order valence-corrected chi connectivity index (χ0v) is 13.7. The summed E-state index contributed by atoms with van der Waals surface area (Å²) in [4.78, 5) is 26.4. The lowest BCUT2D eigenvalue weighted by Crippen LogP contribution is -2.30. The van der Waals surface area contributed by atoms with Gasteiger partial charge in [0.15, 0.2) is 0 Å². The Morgan fingerprint density at radius 3 is 2.25 bits per heavy atom. The Morgan fingerprint density at radius 1 is 1.04 bits per heavy atom. The van der Waals surface area contributed by atoms with E-state index in [1.807, 2.05) is 19.9 Å². The van der Waals surface area contributed by atoms with Crippen molar-refractivity contribution < 1.29 is 9.59 Å². The lowest BCUT2D eigenvalue weighted by atomic mass is 10.1. The van der Waals surface area contributed by atoms with Crippen LogP contribution in [0.5, 0.6) is 0 Å². The predicted molar refractivity (Wildman–Crippen MR) is 92.8 cm³/mol. The summed E-state index contributed by atoms with van der Waals surface area (Å²) in [5.41, 5.74) is 2.03. The third-order valence-corrected chi connectivity index (χ3v) is 3.69. The van der Waals surface area contributed by atoms with Gasteiger partial charge in [-0.2, -0.15) is 5.26 Å². The normalized spacial score (nSPS) is 9.88. The summed E-state index contributed by atoms with van der Waals surface area (Å²) in [5, 5.41) is 11.5. The quantitative estimate of drug-likeness (QED) is 0.918. The summed E-state index contributed by atoms with van der Waals surface area (Å²) in [6.45, 7) is 5.08. The van der Waals surface area contributed by atoms with E-state index in [9.17, 15) is 9.59 Å². The molecule has 0 aliphatic rings. The SMILES string of the molecule is CCN(CC)C(=O)c1cccc(C(=O)Nc2ccc(C#N)cc2)c1. The number of benzene rings is 2. The van der Waals surface area contributed by atoms with Crippen LogP contribution in [0.25, 0.3) is 0 Å². The molecule has 0 aliphatic heterocycles. The van der Waals surface area contributed by atoms with E-state index >= 15 is 0 Å². The zero-order chi connectivity index (χ0) is 17.5. The van der Waals surface area contributed by atoms with Gasteiger partial charge in [-0.15, -0.1) is 0 Å². The van der Waals surface area contributed by atoms with E-state index in [0.29, 0.717) is 35.5 Å². The molecule has 0 aliphatic carbocycles. The van der Waals surface area contributed by atoms with Crippen molar-refractivity contribution in [2.24, 2.45) is 0 Å². The average molecular weight is 321 g/mol. The first-order valence-corrected chi connectivity index (χ1v) is 7.79. The topological polar surface area (TPSA) is 73.2 Å². The molecule has 0 fully saturated rings. The third-order valence-electron chi connectivity index (χ3n) is 3.69. The Labute approximate surface area is 141 Å². The van der Waals surface area contributed by atoms with Gasteiger partial charge in [0.2, 0.25) is 0 Å². The van der Waals surface area contributed by atoms with Crippen molar-refractivity contribution >= 4 is 17.5 Å². The number of nitriles is 1. The van der Waals surface area contributed by atoms with Gasteiger partial charge in [0.05, 0.1) is 11.6 Å². The van der Waals surface area contributed by atoms with Crippen molar-refractivity contribution in [1.29, 1.82) is 5.26 Å². The standard InChI is InChI=1S/C19H19N3O2/c1-3-22(4-2)19(24)16-7-5-6-15(12-16)18(23)21-17-10-8-14(13-20)9-11-17/h5-12H,3-4H2,1-2H3,(H,21,23). The van der Waals surface area contributed by atoms with E-state index in [0.717, 1.165) is 0 Å².